The van der Waals surface area contributed by atoms with E-state index in [-0.39, 0.29) is 0 Å². The molecule has 0 unspecified atom stereocenters. The van der Waals surface area contributed by atoms with Crippen molar-refractivity contribution in [3.05, 3.63) is 35.3 Å². The van der Waals surface area contributed by atoms with Gasteiger partial charge in [-0.1, -0.05) is 13.0 Å². The number of aryl methyl sites for hydroxylation is 3. The van der Waals surface area contributed by atoms with Crippen LogP contribution in [-0.4, -0.2) is 9.97 Å². The number of nitrogens with zero attached hydrogens (tertiary/aromatic N) is 2. The average molecular weight is 186 g/mol. The molecule has 0 fully saturated rings. The lowest BCUT2D eigenvalue weighted by atomic mass is 10.0. The summed E-state index contributed by atoms with van der Waals surface area (Å²) in [5, 5.41) is 1.22. The number of aromatic nitrogens is 2. The summed E-state index contributed by atoms with van der Waals surface area (Å²) in [5.74, 6) is 0. The monoisotopic (exact) mass is 186 g/mol. The van der Waals surface area contributed by atoms with E-state index < -0.39 is 0 Å². The fraction of sp³-hybridized carbons (Fsp3) is 0.333. The molecule has 0 atom stereocenters. The number of hydrogen-bond acceptors (Lipinski definition) is 2. The van der Waals surface area contributed by atoms with Crippen molar-refractivity contribution in [2.24, 2.45) is 0 Å². The molecule has 1 aromatic carbocycles. The second-order valence-corrected chi connectivity index (χ2v) is 3.63. The molecule has 0 radical (unpaired) electrons. The van der Waals surface area contributed by atoms with Gasteiger partial charge in [-0.15, -0.1) is 0 Å². The van der Waals surface area contributed by atoms with E-state index in [1.54, 1.807) is 6.33 Å². The van der Waals surface area contributed by atoms with Crippen LogP contribution in [0.15, 0.2) is 18.5 Å². The van der Waals surface area contributed by atoms with Crippen molar-refractivity contribution in [2.75, 3.05) is 0 Å². The predicted octanol–water partition coefficient (Wildman–Crippen LogP) is 2.81. The lowest BCUT2D eigenvalue weighted by Crippen LogP contribution is -1.93. The first-order valence-corrected chi connectivity index (χ1v) is 4.93. The summed E-state index contributed by atoms with van der Waals surface area (Å²) in [7, 11) is 0. The van der Waals surface area contributed by atoms with Gasteiger partial charge in [-0.05, 0) is 37.5 Å². The average Bonchev–Trinajstić information content (AvgIpc) is 2.16. The Bertz CT molecular complexity index is 475. The molecule has 2 nitrogen and oxygen atoms in total. The zero-order chi connectivity index (χ0) is 10.1. The van der Waals surface area contributed by atoms with E-state index in [0.717, 1.165) is 17.6 Å². The first-order chi connectivity index (χ1) is 6.72. The Morgan fingerprint density at radius 3 is 2.64 bits per heavy atom. The fourth-order valence-electron chi connectivity index (χ4n) is 1.88. The Morgan fingerprint density at radius 1 is 1.14 bits per heavy atom. The molecule has 0 saturated carbocycles. The van der Waals surface area contributed by atoms with Crippen LogP contribution < -0.4 is 0 Å². The van der Waals surface area contributed by atoms with E-state index in [0.29, 0.717) is 0 Å². The highest BCUT2D eigenvalue weighted by Crippen LogP contribution is 2.21. The van der Waals surface area contributed by atoms with Crippen LogP contribution in [0.1, 0.15) is 23.7 Å². The molecule has 2 heteroatoms. The molecule has 1 aromatic heterocycles. The molecule has 0 bridgehead atoms. The third kappa shape index (κ3) is 1.37. The summed E-state index contributed by atoms with van der Waals surface area (Å²) in [5.41, 5.74) is 4.76. The van der Waals surface area contributed by atoms with Crippen molar-refractivity contribution in [1.29, 1.82) is 0 Å². The van der Waals surface area contributed by atoms with Gasteiger partial charge in [0, 0.05) is 11.1 Å². The van der Waals surface area contributed by atoms with Gasteiger partial charge in [0.15, 0.2) is 0 Å². The van der Waals surface area contributed by atoms with E-state index in [1.165, 1.54) is 16.5 Å². The largest absolute Gasteiger partial charge is 0.241 e. The van der Waals surface area contributed by atoms with Crippen molar-refractivity contribution in [3.8, 4) is 0 Å². The third-order valence-electron chi connectivity index (χ3n) is 2.53. The molecule has 1 heterocycles. The van der Waals surface area contributed by atoms with E-state index in [9.17, 15) is 0 Å². The predicted molar refractivity (Wildman–Crippen MR) is 58.4 cm³/mol. The Kier molecular flexibility index (Phi) is 2.20. The van der Waals surface area contributed by atoms with Gasteiger partial charge in [0.25, 0.3) is 0 Å². The first-order valence-electron chi connectivity index (χ1n) is 4.93. The van der Waals surface area contributed by atoms with Crippen molar-refractivity contribution in [3.63, 3.8) is 0 Å². The molecule has 0 aliphatic carbocycles. The molecule has 0 N–H and O–H groups in total. The van der Waals surface area contributed by atoms with Crippen LogP contribution in [0.3, 0.4) is 0 Å². The van der Waals surface area contributed by atoms with Crippen molar-refractivity contribution in [1.82, 2.24) is 9.97 Å². The van der Waals surface area contributed by atoms with Crippen LogP contribution >= 0.6 is 0 Å². The Labute approximate surface area is 84.0 Å². The number of hydrogen-bond donors (Lipinski definition) is 0. The highest BCUT2D eigenvalue weighted by molar-refractivity contribution is 5.84. The molecular formula is C12H14N2. The Balaban J connectivity index is 2.88. The van der Waals surface area contributed by atoms with Crippen molar-refractivity contribution in [2.45, 2.75) is 27.2 Å². The number of fused-ring (bicyclic) bond motifs is 1. The Morgan fingerprint density at radius 2 is 1.93 bits per heavy atom. The molecule has 0 saturated heterocycles. The smallest absolute Gasteiger partial charge is 0.116 e. The zero-order valence-corrected chi connectivity index (χ0v) is 8.83. The highest BCUT2D eigenvalue weighted by Gasteiger charge is 2.04. The maximum Gasteiger partial charge on any atom is 0.116 e. The third-order valence-corrected chi connectivity index (χ3v) is 2.53. The van der Waals surface area contributed by atoms with E-state index in [2.05, 4.69) is 35.9 Å². The summed E-state index contributed by atoms with van der Waals surface area (Å²) in [6, 6.07) is 4.34. The lowest BCUT2D eigenvalue weighted by molar-refractivity contribution is 1.10. The van der Waals surface area contributed by atoms with Gasteiger partial charge >= 0.3 is 0 Å². The maximum atomic E-state index is 4.30. The van der Waals surface area contributed by atoms with Gasteiger partial charge in [0.2, 0.25) is 0 Å². The number of rotatable bonds is 1. The molecule has 0 amide bonds. The van der Waals surface area contributed by atoms with Crippen LogP contribution in [0, 0.1) is 13.8 Å². The molecular weight excluding hydrogens is 172 g/mol. The standard InChI is InChI=1S/C12H14N2/c1-4-10-5-8(2)6-11-12(10)9(3)13-7-14-11/h5-7H,4H2,1-3H3. The summed E-state index contributed by atoms with van der Waals surface area (Å²) in [4.78, 5) is 8.53. The SMILES string of the molecule is CCc1cc(C)cc2ncnc(C)c12. The van der Waals surface area contributed by atoms with Gasteiger partial charge in [0.1, 0.15) is 6.33 Å². The van der Waals surface area contributed by atoms with E-state index >= 15 is 0 Å². The van der Waals surface area contributed by atoms with Crippen LogP contribution in [0.2, 0.25) is 0 Å². The molecule has 72 valence electrons. The summed E-state index contributed by atoms with van der Waals surface area (Å²) >= 11 is 0. The fourth-order valence-corrected chi connectivity index (χ4v) is 1.88. The first kappa shape index (κ1) is 9.13. The van der Waals surface area contributed by atoms with Crippen LogP contribution in [0.4, 0.5) is 0 Å². The maximum absolute atomic E-state index is 4.30. The van der Waals surface area contributed by atoms with Crippen LogP contribution in [0.25, 0.3) is 10.9 Å². The summed E-state index contributed by atoms with van der Waals surface area (Å²) < 4.78 is 0. The highest BCUT2D eigenvalue weighted by atomic mass is 14.8. The second-order valence-electron chi connectivity index (χ2n) is 3.63. The topological polar surface area (TPSA) is 25.8 Å². The molecule has 0 spiro atoms. The van der Waals surface area contributed by atoms with Gasteiger partial charge in [-0.25, -0.2) is 9.97 Å². The molecule has 2 aromatic rings. The van der Waals surface area contributed by atoms with Crippen LogP contribution in [-0.2, 0) is 6.42 Å². The second kappa shape index (κ2) is 3.37. The minimum atomic E-state index is 1.03. The summed E-state index contributed by atoms with van der Waals surface area (Å²) in [6.07, 6.45) is 2.67. The lowest BCUT2D eigenvalue weighted by Gasteiger charge is -2.07. The molecule has 0 aliphatic rings. The summed E-state index contributed by atoms with van der Waals surface area (Å²) in [6.45, 7) is 6.31. The van der Waals surface area contributed by atoms with Gasteiger partial charge in [-0.2, -0.15) is 0 Å². The van der Waals surface area contributed by atoms with Gasteiger partial charge in [-0.3, -0.25) is 0 Å². The van der Waals surface area contributed by atoms with Gasteiger partial charge in [0.05, 0.1) is 5.52 Å². The quantitative estimate of drug-likeness (QED) is 0.684. The van der Waals surface area contributed by atoms with E-state index in [4.69, 9.17) is 0 Å². The number of benzene rings is 1. The van der Waals surface area contributed by atoms with Crippen molar-refractivity contribution >= 4 is 10.9 Å². The van der Waals surface area contributed by atoms with Crippen LogP contribution in [0.5, 0.6) is 0 Å². The van der Waals surface area contributed by atoms with E-state index in [1.807, 2.05) is 6.92 Å². The normalized spacial score (nSPS) is 10.8. The molecule has 0 aliphatic heterocycles. The zero-order valence-electron chi connectivity index (χ0n) is 8.83. The molecule has 2 rings (SSSR count). The minimum Gasteiger partial charge on any atom is -0.241 e. The Hall–Kier alpha value is -1.44. The molecule has 14 heavy (non-hydrogen) atoms. The van der Waals surface area contributed by atoms with Crippen molar-refractivity contribution < 1.29 is 0 Å². The minimum absolute atomic E-state index is 1.03. The van der Waals surface area contributed by atoms with Gasteiger partial charge < -0.3 is 0 Å².